The van der Waals surface area contributed by atoms with Crippen LogP contribution in [0.2, 0.25) is 0 Å². The molecule has 0 aromatic heterocycles. The van der Waals surface area contributed by atoms with Crippen LogP contribution in [0.5, 0.6) is 0 Å². The van der Waals surface area contributed by atoms with Gasteiger partial charge in [-0.3, -0.25) is 9.59 Å². The van der Waals surface area contributed by atoms with Gasteiger partial charge in [0.15, 0.2) is 0 Å². The molecule has 0 heterocycles. The molecule has 0 aromatic rings. The molecule has 1 aliphatic rings. The Morgan fingerprint density at radius 1 is 1.00 bits per heavy atom. The maximum atomic E-state index is 12.4. The summed E-state index contributed by atoms with van der Waals surface area (Å²) in [6, 6.07) is -0.240. The van der Waals surface area contributed by atoms with Crippen LogP contribution in [0.15, 0.2) is 0 Å². The van der Waals surface area contributed by atoms with Gasteiger partial charge >= 0.3 is 5.97 Å². The molecule has 152 valence electrons. The number of amides is 1. The fourth-order valence-electron chi connectivity index (χ4n) is 3.50. The smallest absolute Gasteiger partial charge is 0.308 e. The Morgan fingerprint density at radius 2 is 1.65 bits per heavy atom. The maximum Gasteiger partial charge on any atom is 0.308 e. The predicted octanol–water partition coefficient (Wildman–Crippen LogP) is 3.79. The standard InChI is InChI=1S/C21H40N2O3/c1-15(2)13-19(22)20(24)23-18-10-8-6-5-7-9-17(11-12-18)14-26-21(25)16(3)4/h15-19H,5-14,22H2,1-4H3,(H,23,24)/t17?,18?,19-/m1/s1. The minimum atomic E-state index is -0.423. The van der Waals surface area contributed by atoms with Crippen LogP contribution in [0.25, 0.3) is 0 Å². The molecule has 0 aliphatic heterocycles. The third kappa shape index (κ3) is 9.56. The molecule has 0 aromatic carbocycles. The third-order valence-electron chi connectivity index (χ3n) is 5.18. The Morgan fingerprint density at radius 3 is 2.27 bits per heavy atom. The monoisotopic (exact) mass is 368 g/mol. The molecule has 26 heavy (non-hydrogen) atoms. The van der Waals surface area contributed by atoms with Crippen LogP contribution in [-0.4, -0.2) is 30.6 Å². The Hall–Kier alpha value is -1.10. The lowest BCUT2D eigenvalue weighted by molar-refractivity contribution is -0.148. The fraction of sp³-hybridized carbons (Fsp3) is 0.905. The number of hydrogen-bond donors (Lipinski definition) is 2. The second-order valence-corrected chi connectivity index (χ2v) is 8.66. The molecule has 2 unspecified atom stereocenters. The second-order valence-electron chi connectivity index (χ2n) is 8.66. The highest BCUT2D eigenvalue weighted by molar-refractivity contribution is 5.81. The fourth-order valence-corrected chi connectivity index (χ4v) is 3.50. The van der Waals surface area contributed by atoms with Gasteiger partial charge in [-0.2, -0.15) is 0 Å². The minimum Gasteiger partial charge on any atom is -0.465 e. The quantitative estimate of drug-likeness (QED) is 0.670. The summed E-state index contributed by atoms with van der Waals surface area (Å²) in [5.74, 6) is 0.582. The number of carbonyl (C=O) groups is 2. The maximum absolute atomic E-state index is 12.4. The average molecular weight is 369 g/mol. The first-order valence-electron chi connectivity index (χ1n) is 10.5. The highest BCUT2D eigenvalue weighted by Crippen LogP contribution is 2.22. The van der Waals surface area contributed by atoms with Crippen LogP contribution in [0.3, 0.4) is 0 Å². The number of nitrogens with two attached hydrogens (primary N) is 1. The molecular weight excluding hydrogens is 328 g/mol. The van der Waals surface area contributed by atoms with Crippen molar-refractivity contribution in [3.63, 3.8) is 0 Å². The third-order valence-corrected chi connectivity index (χ3v) is 5.18. The summed E-state index contributed by atoms with van der Waals surface area (Å²) in [5, 5.41) is 3.17. The molecule has 3 atom stereocenters. The summed E-state index contributed by atoms with van der Waals surface area (Å²) in [4.78, 5) is 24.1. The number of esters is 1. The molecule has 0 bridgehead atoms. The topological polar surface area (TPSA) is 81.4 Å². The van der Waals surface area contributed by atoms with Gasteiger partial charge in [-0.15, -0.1) is 0 Å². The highest BCUT2D eigenvalue weighted by atomic mass is 16.5. The van der Waals surface area contributed by atoms with Crippen molar-refractivity contribution in [1.82, 2.24) is 5.32 Å². The Bertz CT molecular complexity index is 423. The SMILES string of the molecule is CC(C)C[C@@H](N)C(=O)NC1CCCCCCC(COC(=O)C(C)C)CC1. The molecule has 1 aliphatic carbocycles. The van der Waals surface area contributed by atoms with Crippen molar-refractivity contribution in [2.24, 2.45) is 23.5 Å². The largest absolute Gasteiger partial charge is 0.465 e. The van der Waals surface area contributed by atoms with Crippen LogP contribution in [0, 0.1) is 17.8 Å². The molecule has 5 heteroatoms. The molecule has 1 saturated carbocycles. The number of carbonyl (C=O) groups excluding carboxylic acids is 2. The van der Waals surface area contributed by atoms with Crippen molar-refractivity contribution in [3.05, 3.63) is 0 Å². The normalized spacial score (nSPS) is 23.5. The van der Waals surface area contributed by atoms with E-state index in [0.717, 1.165) is 32.1 Å². The van der Waals surface area contributed by atoms with E-state index in [1.54, 1.807) is 0 Å². The summed E-state index contributed by atoms with van der Waals surface area (Å²) >= 11 is 0. The summed E-state index contributed by atoms with van der Waals surface area (Å²) in [6.07, 6.45) is 9.49. The number of ether oxygens (including phenoxy) is 1. The van der Waals surface area contributed by atoms with E-state index < -0.39 is 6.04 Å². The predicted molar refractivity (Wildman–Crippen MR) is 106 cm³/mol. The van der Waals surface area contributed by atoms with E-state index in [2.05, 4.69) is 19.2 Å². The van der Waals surface area contributed by atoms with Crippen molar-refractivity contribution in [3.8, 4) is 0 Å². The van der Waals surface area contributed by atoms with Crippen molar-refractivity contribution in [1.29, 1.82) is 0 Å². The summed E-state index contributed by atoms with van der Waals surface area (Å²) in [7, 11) is 0. The summed E-state index contributed by atoms with van der Waals surface area (Å²) in [5.41, 5.74) is 6.03. The van der Waals surface area contributed by atoms with Crippen LogP contribution >= 0.6 is 0 Å². The first-order valence-corrected chi connectivity index (χ1v) is 10.5. The van der Waals surface area contributed by atoms with Crippen LogP contribution < -0.4 is 11.1 Å². The van der Waals surface area contributed by atoms with Crippen molar-refractivity contribution in [2.75, 3.05) is 6.61 Å². The van der Waals surface area contributed by atoms with Gasteiger partial charge in [0.25, 0.3) is 0 Å². The molecule has 5 nitrogen and oxygen atoms in total. The first kappa shape index (κ1) is 22.9. The zero-order chi connectivity index (χ0) is 19.5. The average Bonchev–Trinajstić information content (AvgIpc) is 2.58. The lowest BCUT2D eigenvalue weighted by Gasteiger charge is -2.25. The van der Waals surface area contributed by atoms with Crippen LogP contribution in [-0.2, 0) is 14.3 Å². The molecule has 1 fully saturated rings. The number of rotatable bonds is 7. The number of hydrogen-bond acceptors (Lipinski definition) is 4. The van der Waals surface area contributed by atoms with Gasteiger partial charge in [0.05, 0.1) is 18.6 Å². The highest BCUT2D eigenvalue weighted by Gasteiger charge is 2.22. The Kier molecular flexibility index (Phi) is 10.9. The van der Waals surface area contributed by atoms with E-state index in [0.29, 0.717) is 24.9 Å². The van der Waals surface area contributed by atoms with Crippen LogP contribution in [0.4, 0.5) is 0 Å². The Labute approximate surface area is 159 Å². The van der Waals surface area contributed by atoms with E-state index in [1.807, 2.05) is 13.8 Å². The molecule has 1 amide bonds. The summed E-state index contributed by atoms with van der Waals surface area (Å²) in [6.45, 7) is 8.40. The zero-order valence-corrected chi connectivity index (χ0v) is 17.3. The van der Waals surface area contributed by atoms with E-state index in [-0.39, 0.29) is 23.8 Å². The second kappa shape index (κ2) is 12.3. The molecule has 1 rings (SSSR count). The van der Waals surface area contributed by atoms with Crippen LogP contribution in [0.1, 0.15) is 85.5 Å². The van der Waals surface area contributed by atoms with Gasteiger partial charge in [-0.1, -0.05) is 53.4 Å². The molecule has 3 N–H and O–H groups in total. The first-order chi connectivity index (χ1) is 12.3. The van der Waals surface area contributed by atoms with E-state index in [4.69, 9.17) is 10.5 Å². The molecule has 0 spiro atoms. The Balaban J connectivity index is 2.53. The van der Waals surface area contributed by atoms with E-state index in [1.165, 1.54) is 19.3 Å². The lowest BCUT2D eigenvalue weighted by Crippen LogP contribution is -2.46. The summed E-state index contributed by atoms with van der Waals surface area (Å²) < 4.78 is 5.46. The van der Waals surface area contributed by atoms with Crippen molar-refractivity contribution in [2.45, 2.75) is 97.6 Å². The van der Waals surface area contributed by atoms with E-state index in [9.17, 15) is 9.59 Å². The molecule has 0 radical (unpaired) electrons. The minimum absolute atomic E-state index is 0.0245. The van der Waals surface area contributed by atoms with Gasteiger partial charge in [-0.25, -0.2) is 0 Å². The van der Waals surface area contributed by atoms with E-state index >= 15 is 0 Å². The van der Waals surface area contributed by atoms with Gasteiger partial charge < -0.3 is 15.8 Å². The van der Waals surface area contributed by atoms with Crippen molar-refractivity contribution >= 4 is 11.9 Å². The van der Waals surface area contributed by atoms with Gasteiger partial charge in [0, 0.05) is 6.04 Å². The van der Waals surface area contributed by atoms with Crippen molar-refractivity contribution < 1.29 is 14.3 Å². The lowest BCUT2D eigenvalue weighted by atomic mass is 9.90. The zero-order valence-electron chi connectivity index (χ0n) is 17.3. The molecular formula is C21H40N2O3. The van der Waals surface area contributed by atoms with Gasteiger partial charge in [-0.05, 0) is 43.9 Å². The van der Waals surface area contributed by atoms with Gasteiger partial charge in [0.1, 0.15) is 0 Å². The molecule has 0 saturated heterocycles. The number of nitrogens with one attached hydrogen (secondary N) is 1. The van der Waals surface area contributed by atoms with Gasteiger partial charge in [0.2, 0.25) is 5.91 Å².